The van der Waals surface area contributed by atoms with Crippen LogP contribution in [0, 0.1) is 23.2 Å². The van der Waals surface area contributed by atoms with Crippen molar-refractivity contribution in [3.8, 4) is 0 Å². The lowest BCUT2D eigenvalue weighted by Gasteiger charge is -2.57. The Bertz CT molecular complexity index is 1150. The first-order chi connectivity index (χ1) is 17.1. The third-order valence-electron chi connectivity index (χ3n) is 10.1. The Morgan fingerprint density at radius 3 is 2.58 bits per heavy atom. The molecule has 7 atom stereocenters. The van der Waals surface area contributed by atoms with Gasteiger partial charge in [-0.3, -0.25) is 0 Å². The van der Waals surface area contributed by atoms with Crippen molar-refractivity contribution in [1.82, 2.24) is 10.3 Å². The van der Waals surface area contributed by atoms with Crippen molar-refractivity contribution >= 4 is 22.2 Å². The lowest BCUT2D eigenvalue weighted by molar-refractivity contribution is -0.228. The number of pyridine rings is 1. The van der Waals surface area contributed by atoms with E-state index in [9.17, 15) is 15.3 Å². The number of aliphatic hydroxyl groups excluding tert-OH is 1. The van der Waals surface area contributed by atoms with Gasteiger partial charge in [-0.1, -0.05) is 25.1 Å². The van der Waals surface area contributed by atoms with Crippen LogP contribution >= 0.6 is 0 Å². The first-order valence-corrected chi connectivity index (χ1v) is 13.7. The van der Waals surface area contributed by atoms with Gasteiger partial charge in [-0.15, -0.1) is 0 Å². The second-order valence-corrected chi connectivity index (χ2v) is 12.1. The van der Waals surface area contributed by atoms with Gasteiger partial charge < -0.3 is 26.4 Å². The van der Waals surface area contributed by atoms with Gasteiger partial charge in [-0.05, 0) is 118 Å². The number of nitrogens with two attached hydrogens (primary N) is 1. The van der Waals surface area contributed by atoms with Crippen molar-refractivity contribution in [1.29, 1.82) is 0 Å². The van der Waals surface area contributed by atoms with E-state index in [1.807, 2.05) is 20.2 Å². The van der Waals surface area contributed by atoms with Crippen molar-refractivity contribution in [3.05, 3.63) is 42.1 Å². The smallest absolute Gasteiger partial charge is 0.131 e. The van der Waals surface area contributed by atoms with Crippen LogP contribution in [0.5, 0.6) is 0 Å². The van der Waals surface area contributed by atoms with Crippen LogP contribution in [-0.2, 0) is 0 Å². The van der Waals surface area contributed by atoms with E-state index in [0.29, 0.717) is 36.9 Å². The van der Waals surface area contributed by atoms with Crippen LogP contribution in [0.2, 0.25) is 0 Å². The number of anilines is 1. The van der Waals surface area contributed by atoms with Crippen molar-refractivity contribution in [3.63, 3.8) is 0 Å². The number of hydrogen-bond donors (Lipinski definition) is 5. The summed E-state index contributed by atoms with van der Waals surface area (Å²) >= 11 is 0. The molecule has 6 nitrogen and oxygen atoms in total. The average molecular weight is 494 g/mol. The van der Waals surface area contributed by atoms with E-state index < -0.39 is 11.2 Å². The summed E-state index contributed by atoms with van der Waals surface area (Å²) in [7, 11) is 3.75. The number of hydrogen-bond acceptors (Lipinski definition) is 6. The molecule has 0 amide bonds. The summed E-state index contributed by atoms with van der Waals surface area (Å²) in [6.45, 7) is 2.29. The van der Waals surface area contributed by atoms with E-state index in [0.717, 1.165) is 49.3 Å². The first kappa shape index (κ1) is 25.7. The molecule has 1 aromatic carbocycles. The summed E-state index contributed by atoms with van der Waals surface area (Å²) in [5.74, 6) is 1.37. The molecule has 4 aliphatic rings. The minimum absolute atomic E-state index is 0.00188. The number of aromatic nitrogens is 1. The molecular weight excluding hydrogens is 450 g/mol. The van der Waals surface area contributed by atoms with Crippen LogP contribution in [0.25, 0.3) is 16.3 Å². The molecule has 36 heavy (non-hydrogen) atoms. The fraction of sp³-hybridized carbons (Fsp3) is 0.633. The zero-order valence-corrected chi connectivity index (χ0v) is 22.0. The summed E-state index contributed by atoms with van der Waals surface area (Å²) in [5.41, 5.74) is 6.20. The number of nitrogens with zero attached hydrogens (tertiary/aromatic N) is 1. The van der Waals surface area contributed by atoms with Gasteiger partial charge in [0.15, 0.2) is 0 Å². The molecule has 2 aromatic rings. The molecule has 3 fully saturated rings. The molecule has 196 valence electrons. The zero-order valence-electron chi connectivity index (χ0n) is 22.0. The highest BCUT2D eigenvalue weighted by atomic mass is 16.4. The fourth-order valence-corrected chi connectivity index (χ4v) is 8.23. The number of rotatable bonds is 1. The van der Waals surface area contributed by atoms with Gasteiger partial charge >= 0.3 is 0 Å². The van der Waals surface area contributed by atoms with Crippen LogP contribution < -0.4 is 11.1 Å². The van der Waals surface area contributed by atoms with Crippen LogP contribution in [0.4, 0.5) is 5.82 Å². The van der Waals surface area contributed by atoms with E-state index in [-0.39, 0.29) is 17.4 Å². The Hall–Kier alpha value is -1.99. The molecule has 3 saturated carbocycles. The Balaban J connectivity index is 0.000000848. The quantitative estimate of drug-likeness (QED) is 0.405. The van der Waals surface area contributed by atoms with Gasteiger partial charge in [-0.25, -0.2) is 4.98 Å². The van der Waals surface area contributed by atoms with Gasteiger partial charge in [0.05, 0.1) is 17.3 Å². The molecule has 6 N–H and O–H groups in total. The maximum atomic E-state index is 12.3. The number of nitrogen functional groups attached to an aromatic ring is 1. The average Bonchev–Trinajstić information content (AvgIpc) is 3.15. The highest BCUT2D eigenvalue weighted by Gasteiger charge is 2.65. The van der Waals surface area contributed by atoms with Crippen LogP contribution in [0.15, 0.2) is 36.5 Å². The summed E-state index contributed by atoms with van der Waals surface area (Å²) in [6.07, 6.45) is 10.9. The molecule has 1 heterocycles. The Morgan fingerprint density at radius 2 is 1.81 bits per heavy atom. The number of allylic oxidation sites excluding steroid dienone is 2. The van der Waals surface area contributed by atoms with E-state index in [4.69, 9.17) is 5.73 Å². The Kier molecular flexibility index (Phi) is 6.69. The van der Waals surface area contributed by atoms with Gasteiger partial charge in [-0.2, -0.15) is 0 Å². The normalized spacial score (nSPS) is 39.7. The molecule has 0 bridgehead atoms. The van der Waals surface area contributed by atoms with E-state index in [1.165, 1.54) is 11.1 Å². The number of benzene rings is 1. The minimum Gasteiger partial charge on any atom is -0.393 e. The standard InChI is InChI=1S/C28H36N2O3.C2H7N/c1-26-11-12-27(32)16-20-15-21(31)4-2-17(20)8-10-28(27,33)24(26)7-6-23(26)19-3-5-22-18(14-19)9-13-30-25(22)29;1-3-2/h3,5-6,9,13-14,17,20-21,24,31-33H,2,4,7-8,10-12,15-16H2,1H3,(H2,29,30);3H,1-2H3/t17?,20?,21?,24?,26?,27?,28-;/m0./s1. The predicted molar refractivity (Wildman–Crippen MR) is 145 cm³/mol. The maximum Gasteiger partial charge on any atom is 0.131 e. The molecule has 6 rings (SSSR count). The van der Waals surface area contributed by atoms with Gasteiger partial charge in [0.2, 0.25) is 0 Å². The molecule has 4 aliphatic carbocycles. The Morgan fingerprint density at radius 1 is 1.03 bits per heavy atom. The molecule has 0 spiro atoms. The van der Waals surface area contributed by atoms with Crippen molar-refractivity contribution in [2.24, 2.45) is 23.2 Å². The van der Waals surface area contributed by atoms with Crippen LogP contribution in [0.3, 0.4) is 0 Å². The van der Waals surface area contributed by atoms with E-state index in [2.05, 4.69) is 41.5 Å². The lowest BCUT2D eigenvalue weighted by atomic mass is 9.52. The molecule has 6 heteroatoms. The summed E-state index contributed by atoms with van der Waals surface area (Å²) in [4.78, 5) is 4.21. The summed E-state index contributed by atoms with van der Waals surface area (Å²) in [5, 5.41) is 39.3. The number of fused-ring (bicyclic) bond motifs is 5. The molecule has 0 aliphatic heterocycles. The lowest BCUT2D eigenvalue weighted by Crippen LogP contribution is -2.64. The maximum absolute atomic E-state index is 12.3. The molecule has 6 unspecified atom stereocenters. The largest absolute Gasteiger partial charge is 0.393 e. The summed E-state index contributed by atoms with van der Waals surface area (Å²) in [6, 6.07) is 8.38. The van der Waals surface area contributed by atoms with Gasteiger partial charge in [0.25, 0.3) is 0 Å². The third kappa shape index (κ3) is 3.97. The second kappa shape index (κ2) is 9.39. The van der Waals surface area contributed by atoms with Crippen molar-refractivity contribution in [2.75, 3.05) is 19.8 Å². The van der Waals surface area contributed by atoms with Crippen LogP contribution in [-0.4, -0.2) is 51.7 Å². The predicted octanol–water partition coefficient (Wildman–Crippen LogP) is 4.28. The van der Waals surface area contributed by atoms with Crippen molar-refractivity contribution in [2.45, 2.75) is 82.0 Å². The highest BCUT2D eigenvalue weighted by molar-refractivity contribution is 5.93. The van der Waals surface area contributed by atoms with E-state index >= 15 is 0 Å². The van der Waals surface area contributed by atoms with Crippen LogP contribution in [0.1, 0.15) is 70.3 Å². The highest BCUT2D eigenvalue weighted by Crippen LogP contribution is 2.65. The monoisotopic (exact) mass is 493 g/mol. The first-order valence-electron chi connectivity index (χ1n) is 13.7. The van der Waals surface area contributed by atoms with Gasteiger partial charge in [0.1, 0.15) is 5.82 Å². The van der Waals surface area contributed by atoms with Crippen molar-refractivity contribution < 1.29 is 15.3 Å². The van der Waals surface area contributed by atoms with E-state index in [1.54, 1.807) is 6.20 Å². The third-order valence-corrected chi connectivity index (χ3v) is 10.1. The van der Waals surface area contributed by atoms with Gasteiger partial charge in [0, 0.05) is 17.5 Å². The zero-order chi connectivity index (χ0) is 25.7. The topological polar surface area (TPSA) is 112 Å². The molecule has 0 saturated heterocycles. The Labute approximate surface area is 215 Å². The fourth-order valence-electron chi connectivity index (χ4n) is 8.23. The molecular formula is C30H43N3O3. The SMILES string of the molecule is CC12CCC3(O)CC4CC(O)CCC4CC[C@]3(O)C1CC=C2c1ccc2c(N)nccc2c1.CNC. The molecule has 0 radical (unpaired) electrons. The number of nitrogens with one attached hydrogen (secondary N) is 1. The minimum atomic E-state index is -1.09. The summed E-state index contributed by atoms with van der Waals surface area (Å²) < 4.78 is 0. The number of aliphatic hydroxyl groups is 3. The second-order valence-electron chi connectivity index (χ2n) is 12.1. The molecule has 1 aromatic heterocycles.